The van der Waals surface area contributed by atoms with Crippen molar-refractivity contribution in [2.75, 3.05) is 11.5 Å². The van der Waals surface area contributed by atoms with Crippen molar-refractivity contribution in [3.8, 4) is 16.8 Å². The van der Waals surface area contributed by atoms with Crippen molar-refractivity contribution in [1.29, 1.82) is 0 Å². The predicted molar refractivity (Wildman–Crippen MR) is 97.9 cm³/mol. The summed E-state index contributed by atoms with van der Waals surface area (Å²) in [6.07, 6.45) is 1.76. The highest BCUT2D eigenvalue weighted by atomic mass is 15.3. The number of aryl methyl sites for hydroxylation is 1. The Labute approximate surface area is 139 Å². The maximum absolute atomic E-state index is 6.26. The van der Waals surface area contributed by atoms with Gasteiger partial charge in [-0.3, -0.25) is 0 Å². The van der Waals surface area contributed by atoms with Gasteiger partial charge in [0.15, 0.2) is 5.82 Å². The van der Waals surface area contributed by atoms with Crippen molar-refractivity contribution in [2.45, 2.75) is 6.92 Å². The highest BCUT2D eigenvalue weighted by molar-refractivity contribution is 6.06. The first kappa shape index (κ1) is 14.3. The largest absolute Gasteiger partial charge is 0.382 e. The Morgan fingerprint density at radius 3 is 2.33 bits per heavy atom. The first-order valence-electron chi connectivity index (χ1n) is 7.71. The highest BCUT2D eigenvalue weighted by Crippen LogP contribution is 2.35. The first-order chi connectivity index (χ1) is 11.7. The van der Waals surface area contributed by atoms with Crippen molar-refractivity contribution in [3.63, 3.8) is 0 Å². The van der Waals surface area contributed by atoms with Gasteiger partial charge in [-0.05, 0) is 24.1 Å². The Hall–Kier alpha value is -3.34. The van der Waals surface area contributed by atoms with Gasteiger partial charge >= 0.3 is 0 Å². The highest BCUT2D eigenvalue weighted by Gasteiger charge is 2.18. The van der Waals surface area contributed by atoms with Crippen LogP contribution in [0.15, 0.2) is 60.8 Å². The van der Waals surface area contributed by atoms with Crippen molar-refractivity contribution < 1.29 is 0 Å². The quantitative estimate of drug-likeness (QED) is 0.592. The predicted octanol–water partition coefficient (Wildman–Crippen LogP) is 3.56. The minimum Gasteiger partial charge on any atom is -0.382 e. The van der Waals surface area contributed by atoms with Gasteiger partial charge in [0.25, 0.3) is 0 Å². The summed E-state index contributed by atoms with van der Waals surface area (Å²) in [4.78, 5) is 4.37. The van der Waals surface area contributed by atoms with E-state index in [2.05, 4.69) is 10.1 Å². The summed E-state index contributed by atoms with van der Waals surface area (Å²) in [6.45, 7) is 2.03. The molecule has 0 aliphatic rings. The van der Waals surface area contributed by atoms with Gasteiger partial charge in [0.05, 0.1) is 11.1 Å². The number of nitrogens with two attached hydrogens (primary N) is 2. The van der Waals surface area contributed by atoms with Crippen LogP contribution >= 0.6 is 0 Å². The van der Waals surface area contributed by atoms with Crippen molar-refractivity contribution in [2.24, 2.45) is 0 Å². The molecule has 5 heteroatoms. The van der Waals surface area contributed by atoms with E-state index in [1.807, 2.05) is 61.5 Å². The molecule has 0 radical (unpaired) electrons. The van der Waals surface area contributed by atoms with Gasteiger partial charge in [-0.15, -0.1) is 5.10 Å². The fourth-order valence-electron chi connectivity index (χ4n) is 3.01. The van der Waals surface area contributed by atoms with E-state index in [9.17, 15) is 0 Å². The molecule has 24 heavy (non-hydrogen) atoms. The molecule has 5 nitrogen and oxygen atoms in total. The zero-order valence-corrected chi connectivity index (χ0v) is 13.3. The average Bonchev–Trinajstić information content (AvgIpc) is 2.95. The van der Waals surface area contributed by atoms with Crippen molar-refractivity contribution >= 4 is 22.5 Å². The molecule has 2 aromatic carbocycles. The summed E-state index contributed by atoms with van der Waals surface area (Å²) < 4.78 is 1.79. The number of rotatable bonds is 2. The molecular formula is C19H17N5. The Bertz CT molecular complexity index is 1030. The van der Waals surface area contributed by atoms with E-state index in [1.165, 1.54) is 0 Å². The summed E-state index contributed by atoms with van der Waals surface area (Å²) in [5.74, 6) is 0.860. The Balaban J connectivity index is 2.08. The van der Waals surface area contributed by atoms with Gasteiger partial charge in [-0.2, -0.15) is 0 Å². The van der Waals surface area contributed by atoms with Crippen LogP contribution in [0.5, 0.6) is 0 Å². The molecule has 0 bridgehead atoms. The molecule has 0 unspecified atom stereocenters. The molecule has 0 spiro atoms. The minimum absolute atomic E-state index is 0.414. The lowest BCUT2D eigenvalue weighted by Crippen LogP contribution is -2.02. The van der Waals surface area contributed by atoms with Crippen LogP contribution in [0.3, 0.4) is 0 Å². The number of nitrogens with zero attached hydrogens (tertiary/aromatic N) is 3. The lowest BCUT2D eigenvalue weighted by Gasteiger charge is -2.09. The molecule has 118 valence electrons. The van der Waals surface area contributed by atoms with Crippen molar-refractivity contribution in [3.05, 3.63) is 66.4 Å². The van der Waals surface area contributed by atoms with Crippen LogP contribution in [-0.4, -0.2) is 14.8 Å². The van der Waals surface area contributed by atoms with Gasteiger partial charge in [0.1, 0.15) is 11.3 Å². The number of fused-ring (bicyclic) bond motifs is 1. The van der Waals surface area contributed by atoms with E-state index in [1.54, 1.807) is 10.9 Å². The third-order valence-electron chi connectivity index (χ3n) is 4.19. The maximum atomic E-state index is 6.26. The zero-order valence-electron chi connectivity index (χ0n) is 13.3. The number of hydrogen-bond donors (Lipinski definition) is 2. The fourth-order valence-corrected chi connectivity index (χ4v) is 3.01. The molecule has 0 atom stereocenters. The molecule has 4 rings (SSSR count). The summed E-state index contributed by atoms with van der Waals surface area (Å²) in [6, 6.07) is 18.0. The summed E-state index contributed by atoms with van der Waals surface area (Å²) in [5.41, 5.74) is 17.2. The molecule has 2 heterocycles. The van der Waals surface area contributed by atoms with E-state index in [4.69, 9.17) is 11.5 Å². The van der Waals surface area contributed by atoms with E-state index in [0.717, 1.165) is 33.3 Å². The normalized spacial score (nSPS) is 11.0. The molecule has 2 aromatic heterocycles. The van der Waals surface area contributed by atoms with Crippen LogP contribution in [0.4, 0.5) is 11.6 Å². The number of aromatic nitrogens is 3. The molecule has 0 amide bonds. The molecule has 0 aliphatic carbocycles. The Morgan fingerprint density at radius 1 is 0.875 bits per heavy atom. The van der Waals surface area contributed by atoms with Gasteiger partial charge < -0.3 is 11.5 Å². The molecule has 0 aliphatic heterocycles. The first-order valence-corrected chi connectivity index (χ1v) is 7.71. The number of benzene rings is 2. The van der Waals surface area contributed by atoms with Crippen molar-refractivity contribution in [1.82, 2.24) is 14.8 Å². The maximum Gasteiger partial charge on any atom is 0.154 e. The third kappa shape index (κ3) is 2.10. The summed E-state index contributed by atoms with van der Waals surface area (Å²) in [7, 11) is 0. The third-order valence-corrected chi connectivity index (χ3v) is 4.19. The number of para-hydroxylation sites is 1. The smallest absolute Gasteiger partial charge is 0.154 e. The Morgan fingerprint density at radius 2 is 1.58 bits per heavy atom. The average molecular weight is 315 g/mol. The van der Waals surface area contributed by atoms with E-state index in [-0.39, 0.29) is 0 Å². The second kappa shape index (κ2) is 5.38. The molecule has 0 saturated carbocycles. The number of anilines is 2. The van der Waals surface area contributed by atoms with Gasteiger partial charge in [-0.25, -0.2) is 9.67 Å². The van der Waals surface area contributed by atoms with Crippen LogP contribution in [-0.2, 0) is 0 Å². The second-order valence-electron chi connectivity index (χ2n) is 5.73. The molecule has 0 fully saturated rings. The number of nitrogen functional groups attached to an aromatic ring is 2. The summed E-state index contributed by atoms with van der Waals surface area (Å²) in [5, 5.41) is 5.37. The fraction of sp³-hybridized carbons (Fsp3) is 0.0526. The van der Waals surface area contributed by atoms with Crippen LogP contribution < -0.4 is 11.5 Å². The topological polar surface area (TPSA) is 82.8 Å². The zero-order chi connectivity index (χ0) is 16.7. The second-order valence-corrected chi connectivity index (χ2v) is 5.73. The number of hydrogen-bond acceptors (Lipinski definition) is 4. The minimum atomic E-state index is 0.414. The van der Waals surface area contributed by atoms with Crippen LogP contribution in [0.1, 0.15) is 5.56 Å². The van der Waals surface area contributed by atoms with Crippen LogP contribution in [0, 0.1) is 6.92 Å². The lowest BCUT2D eigenvalue weighted by atomic mass is 10.0. The van der Waals surface area contributed by atoms with E-state index >= 15 is 0 Å². The molecule has 0 saturated heterocycles. The molecule has 4 N–H and O–H groups in total. The summed E-state index contributed by atoms with van der Waals surface area (Å²) >= 11 is 0. The monoisotopic (exact) mass is 315 g/mol. The van der Waals surface area contributed by atoms with Gasteiger partial charge in [0.2, 0.25) is 0 Å². The Kier molecular flexibility index (Phi) is 3.20. The lowest BCUT2D eigenvalue weighted by molar-refractivity contribution is 0.907. The molecule has 4 aromatic rings. The standard InChI is InChI=1S/C19H17N5/c1-12-7-5-6-10-15(12)24-17-16(18(20)23-24)14(11-22-19(17)21)13-8-3-2-4-9-13/h2-11H,1H3,(H2,20,23)(H2,21,22). The van der Waals surface area contributed by atoms with Crippen LogP contribution in [0.2, 0.25) is 0 Å². The SMILES string of the molecule is Cc1ccccc1-n1nc(N)c2c(-c3ccccc3)cnc(N)c21. The molecular weight excluding hydrogens is 298 g/mol. The van der Waals surface area contributed by atoms with Crippen LogP contribution in [0.25, 0.3) is 27.7 Å². The number of pyridine rings is 1. The van der Waals surface area contributed by atoms with Gasteiger partial charge in [-0.1, -0.05) is 48.5 Å². The van der Waals surface area contributed by atoms with E-state index in [0.29, 0.717) is 11.6 Å². The van der Waals surface area contributed by atoms with Gasteiger partial charge in [0, 0.05) is 11.8 Å². The van der Waals surface area contributed by atoms with E-state index < -0.39 is 0 Å².